The average Bonchev–Trinajstić information content (AvgIpc) is 3.14. The molecular weight excluding hydrogens is 749 g/mol. The molecule has 2 rings (SSSR count). The molecule has 16 nitrogen and oxygen atoms in total. The molecule has 0 aliphatic rings. The topological polar surface area (TPSA) is 231 Å². The third kappa shape index (κ3) is 15.3. The third-order valence-electron chi connectivity index (χ3n) is 7.15. The number of primary amides is 1. The lowest BCUT2D eigenvalue weighted by molar-refractivity contribution is -0.144. The number of rotatable bonds is 22. The van der Waals surface area contributed by atoms with Gasteiger partial charge in [0.15, 0.2) is 0 Å². The predicted octanol–water partition coefficient (Wildman–Crippen LogP) is 1.56. The molecule has 0 saturated carbocycles. The van der Waals surface area contributed by atoms with Crippen molar-refractivity contribution in [2.24, 2.45) is 5.73 Å². The zero-order chi connectivity index (χ0) is 41.2. The predicted molar refractivity (Wildman–Crippen MR) is 179 cm³/mol. The Morgan fingerprint density at radius 1 is 0.673 bits per heavy atom. The molecule has 6 N–H and O–H groups in total. The van der Waals surface area contributed by atoms with E-state index in [0.717, 1.165) is 0 Å². The van der Waals surface area contributed by atoms with Crippen LogP contribution < -0.4 is 31.7 Å². The number of benzene rings is 2. The summed E-state index contributed by atoms with van der Waals surface area (Å²) in [5.41, 5.74) is 6.22. The van der Waals surface area contributed by atoms with Crippen molar-refractivity contribution >= 4 is 47.2 Å². The maximum atomic E-state index is 13.6. The molecule has 0 radical (unpaired) electrons. The smallest absolute Gasteiger partial charge is 0.313 e. The fraction of sp³-hybridized carbons (Fsp3) is 0.441. The monoisotopic (exact) mass is 789 g/mol. The molecule has 21 heteroatoms. The Kier molecular flexibility index (Phi) is 18.6. The molecule has 0 saturated heterocycles. The molecule has 0 heterocycles. The van der Waals surface area contributed by atoms with E-state index in [-0.39, 0.29) is 51.8 Å². The Hall–Kier alpha value is -5.70. The van der Waals surface area contributed by atoms with Crippen molar-refractivity contribution in [3.8, 4) is 5.75 Å². The van der Waals surface area contributed by atoms with Crippen LogP contribution in [0, 0.1) is 29.1 Å². The highest BCUT2D eigenvalue weighted by Crippen LogP contribution is 2.29. The maximum Gasteiger partial charge on any atom is 0.313 e. The van der Waals surface area contributed by atoms with Gasteiger partial charge in [0, 0.05) is 18.5 Å². The number of nitrogens with two attached hydrogens (primary N) is 1. The van der Waals surface area contributed by atoms with E-state index in [1.165, 1.54) is 26.0 Å². The van der Waals surface area contributed by atoms with Crippen LogP contribution in [0.5, 0.6) is 5.75 Å². The van der Waals surface area contributed by atoms with E-state index in [1.54, 1.807) is 19.1 Å². The van der Waals surface area contributed by atoms with Crippen LogP contribution in [0.1, 0.15) is 52.0 Å². The van der Waals surface area contributed by atoms with Gasteiger partial charge >= 0.3 is 11.9 Å². The van der Waals surface area contributed by atoms with Crippen molar-refractivity contribution in [1.29, 1.82) is 0 Å². The summed E-state index contributed by atoms with van der Waals surface area (Å²) in [5, 5.41) is 9.68. The lowest BCUT2D eigenvalue weighted by Gasteiger charge is -2.22. The quantitative estimate of drug-likeness (QED) is 0.0287. The molecular formula is C34H40F5N5O11. The summed E-state index contributed by atoms with van der Waals surface area (Å²) in [6, 6.07) is 2.50. The highest BCUT2D eigenvalue weighted by atomic mass is 19.2. The average molecular weight is 790 g/mol. The van der Waals surface area contributed by atoms with E-state index >= 15 is 0 Å². The van der Waals surface area contributed by atoms with E-state index in [2.05, 4.69) is 26.0 Å². The molecule has 3 atom stereocenters. The van der Waals surface area contributed by atoms with Gasteiger partial charge in [0.25, 0.3) is 0 Å². The molecule has 0 aromatic heterocycles. The number of hydrogen-bond acceptors (Lipinski definition) is 11. The summed E-state index contributed by atoms with van der Waals surface area (Å²) in [7, 11) is 0. The SMILES string of the molecule is CCC(=O)OCc1ccc(NC(=O)[C@H](CC(N)=O)NC(=O)[C@H](C)NC(=O)[C@H](C)NC(=O)CCOCCOCCC(=O)Oc2c(F)c(F)c(F)c(F)c2F)cc1. The van der Waals surface area contributed by atoms with E-state index in [4.69, 9.17) is 19.9 Å². The van der Waals surface area contributed by atoms with Gasteiger partial charge in [-0.25, -0.2) is 13.2 Å². The second-order valence-corrected chi connectivity index (χ2v) is 11.5. The first-order valence-electron chi connectivity index (χ1n) is 16.6. The maximum absolute atomic E-state index is 13.6. The largest absolute Gasteiger partial charge is 0.461 e. The van der Waals surface area contributed by atoms with Crippen molar-refractivity contribution in [1.82, 2.24) is 16.0 Å². The number of ether oxygens (including phenoxy) is 4. The van der Waals surface area contributed by atoms with Gasteiger partial charge in [-0.3, -0.25) is 33.6 Å². The summed E-state index contributed by atoms with van der Waals surface area (Å²) in [6.45, 7) is 3.63. The zero-order valence-electron chi connectivity index (χ0n) is 29.9. The molecule has 5 amide bonds. The molecule has 302 valence electrons. The number of nitrogens with one attached hydrogen (secondary N) is 4. The van der Waals surface area contributed by atoms with Crippen molar-refractivity contribution < 1.29 is 74.5 Å². The van der Waals surface area contributed by atoms with Crippen LogP contribution in [0.15, 0.2) is 24.3 Å². The summed E-state index contributed by atoms with van der Waals surface area (Å²) in [4.78, 5) is 85.2. The van der Waals surface area contributed by atoms with Gasteiger partial charge in [-0.15, -0.1) is 0 Å². The molecule has 0 fully saturated rings. The Balaban J connectivity index is 1.69. The Morgan fingerprint density at radius 2 is 1.20 bits per heavy atom. The number of carbonyl (C=O) groups excluding carboxylic acids is 7. The molecule has 0 bridgehead atoms. The van der Waals surface area contributed by atoms with Crippen LogP contribution in [0.4, 0.5) is 27.6 Å². The van der Waals surface area contributed by atoms with Crippen LogP contribution in [-0.4, -0.2) is 86.0 Å². The van der Waals surface area contributed by atoms with Gasteiger partial charge in [-0.2, -0.15) is 8.78 Å². The van der Waals surface area contributed by atoms with E-state index in [1.807, 2.05) is 0 Å². The van der Waals surface area contributed by atoms with Crippen molar-refractivity contribution in [2.45, 2.75) is 71.2 Å². The molecule has 55 heavy (non-hydrogen) atoms. The van der Waals surface area contributed by atoms with Crippen molar-refractivity contribution in [2.75, 3.05) is 31.7 Å². The number of hydrogen-bond donors (Lipinski definition) is 5. The van der Waals surface area contributed by atoms with Crippen LogP contribution in [0.3, 0.4) is 0 Å². The minimum atomic E-state index is -2.40. The lowest BCUT2D eigenvalue weighted by Crippen LogP contribution is -2.55. The lowest BCUT2D eigenvalue weighted by atomic mass is 10.1. The van der Waals surface area contributed by atoms with Crippen LogP contribution >= 0.6 is 0 Å². The van der Waals surface area contributed by atoms with Crippen molar-refractivity contribution in [3.63, 3.8) is 0 Å². The highest BCUT2D eigenvalue weighted by molar-refractivity contribution is 6.00. The molecule has 2 aromatic carbocycles. The summed E-state index contributed by atoms with van der Waals surface area (Å²) in [6.07, 6.45) is -1.16. The molecule has 0 unspecified atom stereocenters. The number of amides is 5. The molecule has 0 aliphatic heterocycles. The fourth-order valence-corrected chi connectivity index (χ4v) is 4.15. The van der Waals surface area contributed by atoms with Gasteiger partial charge in [-0.1, -0.05) is 19.1 Å². The van der Waals surface area contributed by atoms with Gasteiger partial charge in [0.1, 0.15) is 24.7 Å². The Morgan fingerprint density at radius 3 is 1.76 bits per heavy atom. The van der Waals surface area contributed by atoms with Crippen molar-refractivity contribution in [3.05, 3.63) is 58.9 Å². The van der Waals surface area contributed by atoms with Gasteiger partial charge < -0.3 is 45.9 Å². The zero-order valence-corrected chi connectivity index (χ0v) is 29.9. The summed E-state index contributed by atoms with van der Waals surface area (Å²) >= 11 is 0. The standard InChI is InChI=1S/C34H40F5N5O11/c1-4-24(47)54-16-19-5-7-20(8-6-19)43-34(51)21(15-22(40)45)44-33(50)18(3)42-32(49)17(2)41-23(46)9-11-52-13-14-53-12-10-25(48)55-31-29(38)27(36)26(35)28(37)30(31)39/h5-8,17-18,21H,4,9-16H2,1-3H3,(H2,40,45)(H,41,46)(H,42,49)(H,43,51)(H,44,50)/t17-,18-,21-/m0/s1. The third-order valence-corrected chi connectivity index (χ3v) is 7.15. The molecule has 0 aliphatic carbocycles. The molecule has 2 aromatic rings. The molecule has 0 spiro atoms. The van der Waals surface area contributed by atoms with E-state index in [0.29, 0.717) is 11.3 Å². The Labute approximate surface area is 310 Å². The normalized spacial score (nSPS) is 12.4. The first kappa shape index (κ1) is 45.5. The number of carbonyl (C=O) groups is 7. The van der Waals surface area contributed by atoms with E-state index in [9.17, 15) is 55.5 Å². The second-order valence-electron chi connectivity index (χ2n) is 11.5. The minimum absolute atomic E-state index is 0.0315. The second kappa shape index (κ2) is 22.5. The van der Waals surface area contributed by atoms with E-state index < -0.39 is 101 Å². The van der Waals surface area contributed by atoms with Gasteiger partial charge in [-0.05, 0) is 31.5 Å². The van der Waals surface area contributed by atoms with Crippen LogP contribution in [0.25, 0.3) is 0 Å². The number of anilines is 1. The first-order chi connectivity index (χ1) is 25.9. The van der Waals surface area contributed by atoms with Crippen LogP contribution in [-0.2, 0) is 54.4 Å². The minimum Gasteiger partial charge on any atom is -0.461 e. The number of esters is 2. The number of halogens is 5. The van der Waals surface area contributed by atoms with Gasteiger partial charge in [0.05, 0.1) is 39.3 Å². The fourth-order valence-electron chi connectivity index (χ4n) is 4.15. The Bertz CT molecular complexity index is 1690. The first-order valence-corrected chi connectivity index (χ1v) is 16.6. The van der Waals surface area contributed by atoms with Gasteiger partial charge in [0.2, 0.25) is 64.4 Å². The van der Waals surface area contributed by atoms with Crippen LogP contribution in [0.2, 0.25) is 0 Å². The summed E-state index contributed by atoms with van der Waals surface area (Å²) in [5.74, 6) is -18.9. The summed E-state index contributed by atoms with van der Waals surface area (Å²) < 4.78 is 86.3. The highest BCUT2D eigenvalue weighted by Gasteiger charge is 2.29.